The Hall–Kier alpha value is -0.890. The fourth-order valence-corrected chi connectivity index (χ4v) is 1.63. The van der Waals surface area contributed by atoms with Crippen molar-refractivity contribution in [3.63, 3.8) is 0 Å². The van der Waals surface area contributed by atoms with Crippen molar-refractivity contribution in [1.29, 1.82) is 0 Å². The van der Waals surface area contributed by atoms with Crippen molar-refractivity contribution in [3.05, 3.63) is 40.0 Å². The summed E-state index contributed by atoms with van der Waals surface area (Å²) in [5, 5.41) is 8.93. The lowest BCUT2D eigenvalue weighted by molar-refractivity contribution is -0.133. The van der Waals surface area contributed by atoms with E-state index in [2.05, 4.69) is 5.73 Å². The number of carboxylic acid groups (broad SMARTS) is 1. The number of carbonyl (C=O) groups is 1. The van der Waals surface area contributed by atoms with Crippen molar-refractivity contribution in [2.24, 2.45) is 0 Å². The molecule has 0 bridgehead atoms. The van der Waals surface area contributed by atoms with Crippen LogP contribution in [0.1, 0.15) is 0 Å². The second-order valence-electron chi connectivity index (χ2n) is 2.25. The van der Waals surface area contributed by atoms with Crippen LogP contribution in [-0.4, -0.2) is 16.8 Å². The van der Waals surface area contributed by atoms with E-state index in [1.54, 1.807) is 24.3 Å². The maximum absolute atomic E-state index is 10.3. The van der Waals surface area contributed by atoms with E-state index >= 15 is 0 Å². The molecule has 0 saturated carbocycles. The largest absolute Gasteiger partial charge is 0.481 e. The number of hydrogen-bond donors (Lipinski definition) is 1. The van der Waals surface area contributed by atoms with Gasteiger partial charge < -0.3 is 5.11 Å². The van der Waals surface area contributed by atoms with Gasteiger partial charge in [-0.25, -0.2) is 0 Å². The van der Waals surface area contributed by atoms with Crippen LogP contribution in [0, 0.1) is 0 Å². The first-order valence-corrected chi connectivity index (χ1v) is 4.90. The topological polar surface area (TPSA) is 37.3 Å². The van der Waals surface area contributed by atoms with Crippen LogP contribution in [0.2, 0.25) is 0 Å². The van der Waals surface area contributed by atoms with E-state index in [9.17, 15) is 4.79 Å². The van der Waals surface area contributed by atoms with Gasteiger partial charge in [-0.2, -0.15) is 0 Å². The Bertz CT molecular complexity index is 336. The minimum Gasteiger partial charge on any atom is -0.481 e. The van der Waals surface area contributed by atoms with E-state index in [0.717, 1.165) is 4.91 Å². The van der Waals surface area contributed by atoms with Crippen molar-refractivity contribution in [1.82, 2.24) is 0 Å². The minimum absolute atomic E-state index is 0.0420. The summed E-state index contributed by atoms with van der Waals surface area (Å²) in [5.41, 5.74) is 2.80. The molecule has 1 aliphatic rings. The zero-order valence-electron chi connectivity index (χ0n) is 6.66. The molecule has 1 N–H and O–H groups in total. The molecule has 68 valence electrons. The van der Waals surface area contributed by atoms with Crippen LogP contribution < -0.4 is 0 Å². The Labute approximate surface area is 85.3 Å². The van der Waals surface area contributed by atoms with Gasteiger partial charge in [-0.05, 0) is 18.2 Å². The van der Waals surface area contributed by atoms with Gasteiger partial charge in [-0.3, -0.25) is 4.79 Å². The lowest BCUT2D eigenvalue weighted by Gasteiger charge is -1.96. The maximum Gasteiger partial charge on any atom is 0.313 e. The number of hydrogen-bond acceptors (Lipinski definition) is 2. The highest BCUT2D eigenvalue weighted by molar-refractivity contribution is 8.03. The number of rotatable bonds is 3. The number of thioether (sulfide) groups is 1. The van der Waals surface area contributed by atoms with Gasteiger partial charge in [0.15, 0.2) is 0 Å². The third kappa shape index (κ3) is 4.04. The summed E-state index contributed by atoms with van der Waals surface area (Å²) >= 11 is 6.96. The summed E-state index contributed by atoms with van der Waals surface area (Å²) < 4.78 is 0. The third-order valence-corrected chi connectivity index (χ3v) is 2.41. The van der Waals surface area contributed by atoms with Crippen molar-refractivity contribution in [3.8, 4) is 0 Å². The number of aliphatic carboxylic acids is 1. The summed E-state index contributed by atoms with van der Waals surface area (Å²) in [6.45, 7) is 0. The first-order valence-electron chi connectivity index (χ1n) is 3.53. The minimum atomic E-state index is -0.836. The Morgan fingerprint density at radius 2 is 2.46 bits per heavy atom. The molecule has 1 aliphatic carbocycles. The number of halogens is 1. The standard InChI is InChI=1S/C9H7ClO2S/c10-7-3-1-2-4-8(5-7)13-6-9(11)12/h1-2,4-5H,6H2,(H,11,12). The van der Waals surface area contributed by atoms with Crippen LogP contribution in [0.5, 0.6) is 0 Å². The highest BCUT2D eigenvalue weighted by Crippen LogP contribution is 2.21. The van der Waals surface area contributed by atoms with Crippen molar-refractivity contribution in [2.75, 3.05) is 5.75 Å². The van der Waals surface area contributed by atoms with Gasteiger partial charge in [0.05, 0.1) is 10.8 Å². The Balaban J connectivity index is 2.62. The predicted octanol–water partition coefficient (Wildman–Crippen LogP) is 2.54. The molecule has 0 aromatic heterocycles. The predicted molar refractivity (Wildman–Crippen MR) is 54.8 cm³/mol. The first-order chi connectivity index (χ1) is 6.18. The third-order valence-electron chi connectivity index (χ3n) is 1.21. The molecule has 0 aliphatic heterocycles. The van der Waals surface area contributed by atoms with E-state index < -0.39 is 5.97 Å². The molecule has 0 aromatic rings. The lowest BCUT2D eigenvalue weighted by atomic mass is 10.4. The van der Waals surface area contributed by atoms with Crippen LogP contribution in [0.4, 0.5) is 0 Å². The normalized spacial score (nSPS) is 14.8. The molecule has 13 heavy (non-hydrogen) atoms. The van der Waals surface area contributed by atoms with Gasteiger partial charge in [0, 0.05) is 4.91 Å². The average Bonchev–Trinajstić information content (AvgIpc) is 2.26. The zero-order chi connectivity index (χ0) is 9.68. The van der Waals surface area contributed by atoms with Crippen LogP contribution in [0.25, 0.3) is 0 Å². The maximum atomic E-state index is 10.3. The number of carboxylic acids is 1. The molecular weight excluding hydrogens is 208 g/mol. The van der Waals surface area contributed by atoms with E-state index in [0.29, 0.717) is 5.03 Å². The summed E-state index contributed by atoms with van der Waals surface area (Å²) in [6, 6.07) is 0. The van der Waals surface area contributed by atoms with Gasteiger partial charge in [0.1, 0.15) is 0 Å². The van der Waals surface area contributed by atoms with Crippen LogP contribution in [0.15, 0.2) is 40.0 Å². The SMILES string of the molecule is O=C(O)CSC1=CC(Cl)=C=CC=C1. The number of allylic oxidation sites excluding steroid dienone is 4. The highest BCUT2D eigenvalue weighted by atomic mass is 35.5. The Morgan fingerprint density at radius 3 is 3.15 bits per heavy atom. The second-order valence-corrected chi connectivity index (χ2v) is 3.70. The van der Waals surface area contributed by atoms with Gasteiger partial charge in [-0.15, -0.1) is 17.5 Å². The molecule has 0 amide bonds. The van der Waals surface area contributed by atoms with E-state index in [1.165, 1.54) is 11.8 Å². The van der Waals surface area contributed by atoms with Crippen LogP contribution >= 0.6 is 23.4 Å². The van der Waals surface area contributed by atoms with Gasteiger partial charge in [0.25, 0.3) is 0 Å². The van der Waals surface area contributed by atoms with Gasteiger partial charge >= 0.3 is 5.97 Å². The molecule has 2 nitrogen and oxygen atoms in total. The zero-order valence-corrected chi connectivity index (χ0v) is 8.23. The molecule has 0 atom stereocenters. The average molecular weight is 215 g/mol. The molecule has 0 fully saturated rings. The monoisotopic (exact) mass is 214 g/mol. The van der Waals surface area contributed by atoms with E-state index in [-0.39, 0.29) is 5.75 Å². The smallest absolute Gasteiger partial charge is 0.313 e. The Morgan fingerprint density at radius 1 is 1.69 bits per heavy atom. The highest BCUT2D eigenvalue weighted by Gasteiger charge is 2.01. The molecule has 0 radical (unpaired) electrons. The molecule has 4 heteroatoms. The lowest BCUT2D eigenvalue weighted by Crippen LogP contribution is -1.97. The van der Waals surface area contributed by atoms with Crippen molar-refractivity contribution < 1.29 is 9.90 Å². The van der Waals surface area contributed by atoms with Crippen LogP contribution in [-0.2, 0) is 4.79 Å². The summed E-state index contributed by atoms with van der Waals surface area (Å²) in [6.07, 6.45) is 6.95. The first kappa shape index (κ1) is 10.2. The quantitative estimate of drug-likeness (QED) is 0.734. The van der Waals surface area contributed by atoms with Crippen LogP contribution in [0.3, 0.4) is 0 Å². The summed E-state index contributed by atoms with van der Waals surface area (Å²) in [5.74, 6) is -0.794. The molecule has 0 heterocycles. The second kappa shape index (κ2) is 4.97. The molecule has 0 saturated heterocycles. The fourth-order valence-electron chi connectivity index (χ4n) is 0.720. The summed E-state index contributed by atoms with van der Waals surface area (Å²) in [4.78, 5) is 11.1. The molecule has 0 aromatic carbocycles. The van der Waals surface area contributed by atoms with Crippen molar-refractivity contribution in [2.45, 2.75) is 0 Å². The van der Waals surface area contributed by atoms with Gasteiger partial charge in [0.2, 0.25) is 0 Å². The fraction of sp³-hybridized carbons (Fsp3) is 0.111. The van der Waals surface area contributed by atoms with E-state index in [4.69, 9.17) is 16.7 Å². The van der Waals surface area contributed by atoms with E-state index in [1.807, 2.05) is 0 Å². The molecule has 1 rings (SSSR count). The Kier molecular flexibility index (Phi) is 3.90. The molecular formula is C9H7ClO2S. The molecule has 0 unspecified atom stereocenters. The van der Waals surface area contributed by atoms with Crippen molar-refractivity contribution >= 4 is 29.3 Å². The summed E-state index contributed by atoms with van der Waals surface area (Å²) in [7, 11) is 0. The van der Waals surface area contributed by atoms with Gasteiger partial charge in [-0.1, -0.05) is 17.7 Å². The molecule has 0 spiro atoms.